The van der Waals surface area contributed by atoms with E-state index in [-0.39, 0.29) is 0 Å². The molecule has 0 saturated carbocycles. The molecule has 3 nitrogen and oxygen atoms in total. The van der Waals surface area contributed by atoms with Gasteiger partial charge in [-0.15, -0.1) is 0 Å². The summed E-state index contributed by atoms with van der Waals surface area (Å²) in [6.07, 6.45) is 2.21. The molecule has 0 bridgehead atoms. The van der Waals surface area contributed by atoms with Crippen molar-refractivity contribution in [2.75, 3.05) is 31.1 Å². The van der Waals surface area contributed by atoms with Gasteiger partial charge < -0.3 is 10.2 Å². The second-order valence-electron chi connectivity index (χ2n) is 4.33. The van der Waals surface area contributed by atoms with Gasteiger partial charge in [-0.3, -0.25) is 4.79 Å². The van der Waals surface area contributed by atoms with Crippen LogP contribution in [0.3, 0.4) is 0 Å². The number of carbonyl (C=O) groups is 1. The van der Waals surface area contributed by atoms with Gasteiger partial charge in [0.2, 0.25) is 5.91 Å². The number of thioether (sulfide) groups is 1. The van der Waals surface area contributed by atoms with Crippen LogP contribution in [0.4, 0.5) is 0 Å². The second-order valence-corrected chi connectivity index (χ2v) is 5.48. The third-order valence-electron chi connectivity index (χ3n) is 3.38. The van der Waals surface area contributed by atoms with Crippen LogP contribution in [0, 0.1) is 5.92 Å². The van der Waals surface area contributed by atoms with E-state index in [0.717, 1.165) is 44.0 Å². The predicted molar refractivity (Wildman–Crippen MR) is 64.1 cm³/mol. The number of rotatable bonds is 3. The summed E-state index contributed by atoms with van der Waals surface area (Å²) < 4.78 is 0. The molecule has 2 aliphatic rings. The molecule has 0 radical (unpaired) electrons. The number of hydrogen-bond donors (Lipinski definition) is 1. The average molecular weight is 228 g/mol. The van der Waals surface area contributed by atoms with Crippen LogP contribution in [0.2, 0.25) is 0 Å². The molecule has 4 heteroatoms. The number of carbonyl (C=O) groups excluding carboxylic acids is 1. The van der Waals surface area contributed by atoms with Crippen LogP contribution >= 0.6 is 11.8 Å². The summed E-state index contributed by atoms with van der Waals surface area (Å²) in [5, 5.41) is 3.33. The lowest BCUT2D eigenvalue weighted by molar-refractivity contribution is -0.136. The number of likely N-dealkylation sites (N-methyl/N-ethyl adjacent to an activating group) is 1. The first kappa shape index (κ1) is 11.3. The maximum absolute atomic E-state index is 12.2. The lowest BCUT2D eigenvalue weighted by atomic mass is 10.1. The zero-order valence-electron chi connectivity index (χ0n) is 9.37. The van der Waals surface area contributed by atoms with Gasteiger partial charge in [0.25, 0.3) is 0 Å². The van der Waals surface area contributed by atoms with Crippen molar-refractivity contribution < 1.29 is 4.79 Å². The minimum Gasteiger partial charge on any atom is -0.338 e. The fourth-order valence-corrected chi connectivity index (χ4v) is 3.67. The van der Waals surface area contributed by atoms with Crippen LogP contribution in [0.25, 0.3) is 0 Å². The van der Waals surface area contributed by atoms with Gasteiger partial charge in [0.05, 0.1) is 0 Å². The van der Waals surface area contributed by atoms with E-state index >= 15 is 0 Å². The SMILES string of the molecule is CCN(C(=O)C1CCSC1)C1CCNC1. The lowest BCUT2D eigenvalue weighted by Gasteiger charge is -2.29. The monoisotopic (exact) mass is 228 g/mol. The molecule has 1 N–H and O–H groups in total. The molecule has 2 unspecified atom stereocenters. The Bertz CT molecular complexity index is 223. The molecule has 2 rings (SSSR count). The molecule has 0 aliphatic carbocycles. The molecule has 0 spiro atoms. The lowest BCUT2D eigenvalue weighted by Crippen LogP contribution is -2.44. The number of hydrogen-bond acceptors (Lipinski definition) is 3. The Balaban J connectivity index is 1.95. The Morgan fingerprint density at radius 1 is 1.53 bits per heavy atom. The van der Waals surface area contributed by atoms with Crippen molar-refractivity contribution in [3.63, 3.8) is 0 Å². The summed E-state index contributed by atoms with van der Waals surface area (Å²) in [4.78, 5) is 14.3. The van der Waals surface area contributed by atoms with E-state index in [1.807, 2.05) is 11.8 Å². The number of nitrogens with one attached hydrogen (secondary N) is 1. The smallest absolute Gasteiger partial charge is 0.226 e. The van der Waals surface area contributed by atoms with Gasteiger partial charge in [-0.1, -0.05) is 0 Å². The Morgan fingerprint density at radius 2 is 2.40 bits per heavy atom. The summed E-state index contributed by atoms with van der Waals surface area (Å²) in [6, 6.07) is 0.452. The zero-order valence-corrected chi connectivity index (χ0v) is 10.2. The van der Waals surface area contributed by atoms with Gasteiger partial charge in [-0.25, -0.2) is 0 Å². The van der Waals surface area contributed by atoms with E-state index < -0.39 is 0 Å². The fourth-order valence-electron chi connectivity index (χ4n) is 2.46. The minimum atomic E-state index is 0.301. The highest BCUT2D eigenvalue weighted by Gasteiger charge is 2.31. The first-order chi connectivity index (χ1) is 7.33. The normalized spacial score (nSPS) is 30.7. The van der Waals surface area contributed by atoms with Crippen LogP contribution in [-0.2, 0) is 4.79 Å². The maximum Gasteiger partial charge on any atom is 0.226 e. The maximum atomic E-state index is 12.2. The first-order valence-electron chi connectivity index (χ1n) is 5.92. The van der Waals surface area contributed by atoms with Crippen LogP contribution in [0.1, 0.15) is 19.8 Å². The number of amides is 1. The van der Waals surface area contributed by atoms with E-state index in [0.29, 0.717) is 17.9 Å². The second kappa shape index (κ2) is 5.21. The van der Waals surface area contributed by atoms with Crippen LogP contribution in [0.15, 0.2) is 0 Å². The first-order valence-corrected chi connectivity index (χ1v) is 7.07. The van der Waals surface area contributed by atoms with E-state index in [2.05, 4.69) is 17.1 Å². The highest BCUT2D eigenvalue weighted by molar-refractivity contribution is 7.99. The van der Waals surface area contributed by atoms with E-state index in [9.17, 15) is 4.79 Å². The van der Waals surface area contributed by atoms with Gasteiger partial charge in [0, 0.05) is 30.8 Å². The standard InChI is InChI=1S/C11H20N2OS/c1-2-13(10-3-5-12-7-10)11(14)9-4-6-15-8-9/h9-10,12H,2-8H2,1H3. The average Bonchev–Trinajstić information content (AvgIpc) is 2.91. The summed E-state index contributed by atoms with van der Waals surface area (Å²) in [5.41, 5.74) is 0. The topological polar surface area (TPSA) is 32.3 Å². The molecule has 0 aromatic rings. The molecule has 0 aromatic heterocycles. The van der Waals surface area contributed by atoms with Crippen molar-refractivity contribution in [1.82, 2.24) is 10.2 Å². The van der Waals surface area contributed by atoms with Gasteiger partial charge in [-0.2, -0.15) is 11.8 Å². The fraction of sp³-hybridized carbons (Fsp3) is 0.909. The van der Waals surface area contributed by atoms with Crippen molar-refractivity contribution in [3.8, 4) is 0 Å². The molecule has 2 heterocycles. The molecule has 2 saturated heterocycles. The Labute approximate surface area is 96.0 Å². The van der Waals surface area contributed by atoms with E-state index in [1.165, 1.54) is 0 Å². The summed E-state index contributed by atoms with van der Waals surface area (Å²) in [6.45, 7) is 5.01. The quantitative estimate of drug-likeness (QED) is 0.780. The van der Waals surface area contributed by atoms with Gasteiger partial charge in [0.15, 0.2) is 0 Å². The van der Waals surface area contributed by atoms with Crippen molar-refractivity contribution in [2.24, 2.45) is 5.92 Å². The third kappa shape index (κ3) is 2.48. The number of nitrogens with zero attached hydrogens (tertiary/aromatic N) is 1. The van der Waals surface area contributed by atoms with Crippen molar-refractivity contribution in [1.29, 1.82) is 0 Å². The Morgan fingerprint density at radius 3 is 2.93 bits per heavy atom. The van der Waals surface area contributed by atoms with Crippen molar-refractivity contribution in [2.45, 2.75) is 25.8 Å². The summed E-state index contributed by atoms with van der Waals surface area (Å²) in [5.74, 6) is 2.90. The highest BCUT2D eigenvalue weighted by atomic mass is 32.2. The Kier molecular flexibility index (Phi) is 3.92. The van der Waals surface area contributed by atoms with Crippen LogP contribution in [0.5, 0.6) is 0 Å². The van der Waals surface area contributed by atoms with Crippen LogP contribution < -0.4 is 5.32 Å². The van der Waals surface area contributed by atoms with Crippen molar-refractivity contribution in [3.05, 3.63) is 0 Å². The van der Waals surface area contributed by atoms with Crippen LogP contribution in [-0.4, -0.2) is 48.0 Å². The molecule has 2 fully saturated rings. The Hall–Kier alpha value is -0.220. The molecule has 15 heavy (non-hydrogen) atoms. The van der Waals surface area contributed by atoms with E-state index in [4.69, 9.17) is 0 Å². The molecular formula is C11H20N2OS. The summed E-state index contributed by atoms with van der Waals surface area (Å²) in [7, 11) is 0. The largest absolute Gasteiger partial charge is 0.338 e. The molecule has 0 aromatic carbocycles. The zero-order chi connectivity index (χ0) is 10.7. The highest BCUT2D eigenvalue weighted by Crippen LogP contribution is 2.26. The molecular weight excluding hydrogens is 208 g/mol. The van der Waals surface area contributed by atoms with Crippen molar-refractivity contribution >= 4 is 17.7 Å². The van der Waals surface area contributed by atoms with Gasteiger partial charge in [-0.05, 0) is 32.1 Å². The summed E-state index contributed by atoms with van der Waals surface area (Å²) >= 11 is 1.92. The molecule has 2 aliphatic heterocycles. The minimum absolute atomic E-state index is 0.301. The third-order valence-corrected chi connectivity index (χ3v) is 4.54. The van der Waals surface area contributed by atoms with E-state index in [1.54, 1.807) is 0 Å². The molecule has 86 valence electrons. The van der Waals surface area contributed by atoms with Gasteiger partial charge >= 0.3 is 0 Å². The molecule has 2 atom stereocenters. The van der Waals surface area contributed by atoms with Gasteiger partial charge in [0.1, 0.15) is 0 Å². The molecule has 1 amide bonds. The predicted octanol–water partition coefficient (Wildman–Crippen LogP) is 0.950.